The monoisotopic (exact) mass is 314 g/mol. The van der Waals surface area contributed by atoms with Crippen molar-refractivity contribution in [2.45, 2.75) is 25.9 Å². The van der Waals surface area contributed by atoms with Crippen molar-refractivity contribution in [1.29, 1.82) is 0 Å². The Morgan fingerprint density at radius 1 is 1.09 bits per heavy atom. The maximum atomic E-state index is 12.5. The lowest BCUT2D eigenvalue weighted by atomic mass is 10.1. The van der Waals surface area contributed by atoms with E-state index in [-0.39, 0.29) is 5.78 Å². The molecule has 1 aromatic rings. The Hall–Kier alpha value is -1.56. The number of rotatable bonds is 5. The van der Waals surface area contributed by atoms with Crippen LogP contribution in [0.15, 0.2) is 24.3 Å². The summed E-state index contributed by atoms with van der Waals surface area (Å²) in [5.41, 5.74) is 0.218. The van der Waals surface area contributed by atoms with Gasteiger partial charge in [0, 0.05) is 38.3 Å². The molecule has 0 N–H and O–H groups in total. The van der Waals surface area contributed by atoms with Crippen molar-refractivity contribution in [2.75, 3.05) is 37.6 Å². The van der Waals surface area contributed by atoms with Gasteiger partial charge in [0.25, 0.3) is 0 Å². The van der Waals surface area contributed by atoms with Gasteiger partial charge in [0.1, 0.15) is 5.78 Å². The quantitative estimate of drug-likeness (QED) is 0.834. The fraction of sp³-hybridized carbons (Fsp3) is 0.562. The Morgan fingerprint density at radius 2 is 1.68 bits per heavy atom. The molecule has 0 saturated carbocycles. The molecule has 0 aromatic heterocycles. The van der Waals surface area contributed by atoms with Gasteiger partial charge in [-0.1, -0.05) is 0 Å². The normalized spacial score (nSPS) is 16.8. The maximum absolute atomic E-state index is 12.5. The molecule has 6 heteroatoms. The predicted octanol–water partition coefficient (Wildman–Crippen LogP) is 3.20. The fourth-order valence-electron chi connectivity index (χ4n) is 2.64. The Balaban J connectivity index is 1.82. The molecule has 1 heterocycles. The van der Waals surface area contributed by atoms with Gasteiger partial charge in [0.05, 0.1) is 5.56 Å². The van der Waals surface area contributed by atoms with Gasteiger partial charge in [-0.25, -0.2) is 0 Å². The Bertz CT molecular complexity index is 491. The molecule has 3 nitrogen and oxygen atoms in total. The van der Waals surface area contributed by atoms with Crippen LogP contribution in [0.3, 0.4) is 0 Å². The van der Waals surface area contributed by atoms with Gasteiger partial charge in [-0.2, -0.15) is 13.2 Å². The zero-order valence-corrected chi connectivity index (χ0v) is 12.7. The zero-order valence-electron chi connectivity index (χ0n) is 12.7. The van der Waals surface area contributed by atoms with Crippen molar-refractivity contribution >= 4 is 11.5 Å². The van der Waals surface area contributed by atoms with Crippen LogP contribution in [0, 0.1) is 0 Å². The molecule has 0 bridgehead atoms. The molecule has 22 heavy (non-hydrogen) atoms. The first kappa shape index (κ1) is 16.8. The molecule has 0 amide bonds. The molecular weight excluding hydrogens is 293 g/mol. The van der Waals surface area contributed by atoms with Crippen molar-refractivity contribution < 1.29 is 18.0 Å². The Labute approximate surface area is 128 Å². The summed E-state index contributed by atoms with van der Waals surface area (Å²) in [7, 11) is 0. The van der Waals surface area contributed by atoms with Gasteiger partial charge in [-0.15, -0.1) is 0 Å². The predicted molar refractivity (Wildman–Crippen MR) is 80.0 cm³/mol. The molecule has 0 atom stereocenters. The molecule has 0 radical (unpaired) electrons. The number of hydrogen-bond donors (Lipinski definition) is 0. The van der Waals surface area contributed by atoms with Crippen LogP contribution in [0.4, 0.5) is 18.9 Å². The van der Waals surface area contributed by atoms with Gasteiger partial charge in [-0.3, -0.25) is 4.90 Å². The number of halogens is 3. The van der Waals surface area contributed by atoms with Crippen LogP contribution in [0.25, 0.3) is 0 Å². The standard InChI is InChI=1S/C16H21F3N2O/c1-13(22)3-2-8-20-9-11-21(12-10-20)15-6-4-14(5-7-15)16(17,18)19/h4-7H,2-3,8-12H2,1H3. The van der Waals surface area contributed by atoms with Crippen LogP contribution in [0.1, 0.15) is 25.3 Å². The van der Waals surface area contributed by atoms with E-state index in [1.165, 1.54) is 12.1 Å². The number of ketones is 1. The summed E-state index contributed by atoms with van der Waals surface area (Å²) in [5, 5.41) is 0. The molecule has 1 aromatic carbocycles. The molecule has 0 unspecified atom stereocenters. The van der Waals surface area contributed by atoms with E-state index in [0.29, 0.717) is 6.42 Å². The van der Waals surface area contributed by atoms with Gasteiger partial charge < -0.3 is 9.69 Å². The van der Waals surface area contributed by atoms with E-state index in [1.54, 1.807) is 6.92 Å². The molecule has 1 aliphatic heterocycles. The molecule has 2 rings (SSSR count). The minimum Gasteiger partial charge on any atom is -0.369 e. The number of piperazine rings is 1. The number of alkyl halides is 3. The smallest absolute Gasteiger partial charge is 0.369 e. The number of nitrogens with zero attached hydrogens (tertiary/aromatic N) is 2. The number of carbonyl (C=O) groups is 1. The fourth-order valence-corrected chi connectivity index (χ4v) is 2.64. The van der Waals surface area contributed by atoms with Gasteiger partial charge in [0.2, 0.25) is 0 Å². The number of carbonyl (C=O) groups excluding carboxylic acids is 1. The molecule has 1 saturated heterocycles. The Kier molecular flexibility index (Phi) is 5.45. The third-order valence-electron chi connectivity index (χ3n) is 3.94. The minimum atomic E-state index is -4.28. The summed E-state index contributed by atoms with van der Waals surface area (Å²) < 4.78 is 37.6. The van der Waals surface area contributed by atoms with Crippen molar-refractivity contribution in [1.82, 2.24) is 4.90 Å². The summed E-state index contributed by atoms with van der Waals surface area (Å²) >= 11 is 0. The minimum absolute atomic E-state index is 0.211. The van der Waals surface area contributed by atoms with E-state index in [9.17, 15) is 18.0 Å². The number of anilines is 1. The number of benzene rings is 1. The van der Waals surface area contributed by atoms with Crippen LogP contribution >= 0.6 is 0 Å². The average Bonchev–Trinajstić information content (AvgIpc) is 2.47. The molecule has 1 aliphatic rings. The van der Waals surface area contributed by atoms with Crippen LogP contribution in [-0.2, 0) is 11.0 Å². The summed E-state index contributed by atoms with van der Waals surface area (Å²) in [6.45, 7) is 5.84. The van der Waals surface area contributed by atoms with E-state index >= 15 is 0 Å². The van der Waals surface area contributed by atoms with E-state index in [2.05, 4.69) is 9.80 Å². The second kappa shape index (κ2) is 7.13. The number of hydrogen-bond acceptors (Lipinski definition) is 3. The average molecular weight is 314 g/mol. The van der Waals surface area contributed by atoms with Crippen LogP contribution < -0.4 is 4.90 Å². The highest BCUT2D eigenvalue weighted by Crippen LogP contribution is 2.30. The van der Waals surface area contributed by atoms with Crippen molar-refractivity contribution in [2.24, 2.45) is 0 Å². The lowest BCUT2D eigenvalue weighted by Gasteiger charge is -2.36. The van der Waals surface area contributed by atoms with E-state index in [0.717, 1.165) is 57.0 Å². The molecule has 1 fully saturated rings. The SMILES string of the molecule is CC(=O)CCCN1CCN(c2ccc(C(F)(F)F)cc2)CC1. The van der Waals surface area contributed by atoms with Gasteiger partial charge in [0.15, 0.2) is 0 Å². The van der Waals surface area contributed by atoms with E-state index in [1.807, 2.05) is 0 Å². The van der Waals surface area contributed by atoms with Gasteiger partial charge >= 0.3 is 6.18 Å². The Morgan fingerprint density at radius 3 is 2.18 bits per heavy atom. The summed E-state index contributed by atoms with van der Waals surface area (Å²) in [6.07, 6.45) is -2.80. The summed E-state index contributed by atoms with van der Waals surface area (Å²) in [5.74, 6) is 0.211. The highest BCUT2D eigenvalue weighted by atomic mass is 19.4. The van der Waals surface area contributed by atoms with E-state index in [4.69, 9.17) is 0 Å². The summed E-state index contributed by atoms with van der Waals surface area (Å²) in [6, 6.07) is 5.34. The lowest BCUT2D eigenvalue weighted by Crippen LogP contribution is -2.46. The van der Waals surface area contributed by atoms with Crippen molar-refractivity contribution in [3.8, 4) is 0 Å². The molecule has 122 valence electrons. The lowest BCUT2D eigenvalue weighted by molar-refractivity contribution is -0.137. The topological polar surface area (TPSA) is 23.6 Å². The van der Waals surface area contributed by atoms with Crippen LogP contribution in [0.5, 0.6) is 0 Å². The first-order chi connectivity index (χ1) is 10.4. The highest BCUT2D eigenvalue weighted by molar-refractivity contribution is 5.75. The third kappa shape index (κ3) is 4.73. The van der Waals surface area contributed by atoms with Crippen molar-refractivity contribution in [3.63, 3.8) is 0 Å². The number of Topliss-reactive ketones (excluding diaryl/α,β-unsaturated/α-hetero) is 1. The molecular formula is C16H21F3N2O. The van der Waals surface area contributed by atoms with Crippen LogP contribution in [0.2, 0.25) is 0 Å². The first-order valence-electron chi connectivity index (χ1n) is 7.50. The molecule has 0 spiro atoms. The largest absolute Gasteiger partial charge is 0.416 e. The van der Waals surface area contributed by atoms with Gasteiger partial charge in [-0.05, 0) is 44.2 Å². The van der Waals surface area contributed by atoms with Crippen molar-refractivity contribution in [3.05, 3.63) is 29.8 Å². The first-order valence-corrected chi connectivity index (χ1v) is 7.50. The van der Waals surface area contributed by atoms with Crippen LogP contribution in [-0.4, -0.2) is 43.4 Å². The zero-order chi connectivity index (χ0) is 16.2. The highest BCUT2D eigenvalue weighted by Gasteiger charge is 2.30. The van der Waals surface area contributed by atoms with E-state index < -0.39 is 11.7 Å². The second-order valence-corrected chi connectivity index (χ2v) is 5.68. The third-order valence-corrected chi connectivity index (χ3v) is 3.94. The maximum Gasteiger partial charge on any atom is 0.416 e. The summed E-state index contributed by atoms with van der Waals surface area (Å²) in [4.78, 5) is 15.3. The molecule has 0 aliphatic carbocycles. The second-order valence-electron chi connectivity index (χ2n) is 5.68.